The standard InChI is InChI=1S/C37H77I2N2O2P/c1-3-5-7-9-10-15-21-27-33-40(32-26-20-8-6-4-2)36-44(42,43)37-41(35-29-23-17-14-19-25-31-39)34-28-22-16-12-11-13-18-24-30-38/h3-37H2,1-2H3,(H,42,43). The molecule has 0 saturated carbocycles. The van der Waals surface area contributed by atoms with E-state index in [0.717, 1.165) is 32.6 Å². The van der Waals surface area contributed by atoms with Gasteiger partial charge in [-0.3, -0.25) is 14.4 Å². The minimum absolute atomic E-state index is 0.390. The van der Waals surface area contributed by atoms with Crippen molar-refractivity contribution < 1.29 is 9.46 Å². The van der Waals surface area contributed by atoms with Crippen molar-refractivity contribution in [2.45, 2.75) is 187 Å². The lowest BCUT2D eigenvalue weighted by atomic mass is 10.1. The molecule has 0 amide bonds. The number of unbranched alkanes of at least 4 members (excludes halogenated alkanes) is 23. The molecule has 0 radical (unpaired) electrons. The van der Waals surface area contributed by atoms with E-state index in [1.807, 2.05) is 0 Å². The molecule has 0 aliphatic carbocycles. The second kappa shape index (κ2) is 35.9. The number of alkyl halides is 2. The Kier molecular flexibility index (Phi) is 37.1. The molecule has 1 atom stereocenters. The summed E-state index contributed by atoms with van der Waals surface area (Å²) >= 11 is 4.97. The van der Waals surface area contributed by atoms with Crippen molar-refractivity contribution >= 4 is 52.6 Å². The van der Waals surface area contributed by atoms with Gasteiger partial charge in [0.1, 0.15) is 0 Å². The summed E-state index contributed by atoms with van der Waals surface area (Å²) in [5, 5.41) is 0. The first kappa shape index (κ1) is 45.6. The number of rotatable bonds is 37. The van der Waals surface area contributed by atoms with Crippen LogP contribution in [0.4, 0.5) is 0 Å². The average molecular weight is 867 g/mol. The molecular weight excluding hydrogens is 789 g/mol. The highest BCUT2D eigenvalue weighted by Gasteiger charge is 2.25. The zero-order valence-corrected chi connectivity index (χ0v) is 34.9. The Hall–Kier alpha value is 1.57. The average Bonchev–Trinajstić information content (AvgIpc) is 3.00. The van der Waals surface area contributed by atoms with E-state index in [-0.39, 0.29) is 0 Å². The first-order valence-electron chi connectivity index (χ1n) is 19.4. The Balaban J connectivity index is 4.83. The molecule has 1 N–H and O–H groups in total. The van der Waals surface area contributed by atoms with Gasteiger partial charge in [0.15, 0.2) is 0 Å². The maximum Gasteiger partial charge on any atom is 0.227 e. The van der Waals surface area contributed by atoms with Gasteiger partial charge >= 0.3 is 0 Å². The lowest BCUT2D eigenvalue weighted by Gasteiger charge is -2.29. The van der Waals surface area contributed by atoms with Crippen molar-refractivity contribution in [2.24, 2.45) is 0 Å². The van der Waals surface area contributed by atoms with Crippen LogP contribution >= 0.6 is 52.6 Å². The van der Waals surface area contributed by atoms with Crippen LogP contribution in [0.15, 0.2) is 0 Å². The van der Waals surface area contributed by atoms with Crippen LogP contribution in [0, 0.1) is 0 Å². The highest BCUT2D eigenvalue weighted by Crippen LogP contribution is 2.42. The molecular formula is C37H77I2N2O2P. The molecule has 7 heteroatoms. The Morgan fingerprint density at radius 1 is 0.409 bits per heavy atom. The fourth-order valence-electron chi connectivity index (χ4n) is 6.21. The molecule has 44 heavy (non-hydrogen) atoms. The molecule has 0 aliphatic rings. The fourth-order valence-corrected chi connectivity index (χ4v) is 9.20. The predicted molar refractivity (Wildman–Crippen MR) is 216 cm³/mol. The minimum Gasteiger partial charge on any atom is -0.343 e. The molecule has 0 bridgehead atoms. The Morgan fingerprint density at radius 3 is 0.886 bits per heavy atom. The van der Waals surface area contributed by atoms with E-state index in [9.17, 15) is 9.46 Å². The summed E-state index contributed by atoms with van der Waals surface area (Å²) in [5.74, 6) is 0. The SMILES string of the molecule is CCCCCCCCCCN(CCCCCCC)CP(=O)(O)CN(CCCCCCCCI)CCCCCCCCCCI. The van der Waals surface area contributed by atoms with E-state index in [4.69, 9.17) is 0 Å². The van der Waals surface area contributed by atoms with Crippen molar-refractivity contribution in [3.63, 3.8) is 0 Å². The van der Waals surface area contributed by atoms with Gasteiger partial charge in [-0.2, -0.15) is 0 Å². The minimum atomic E-state index is -3.24. The van der Waals surface area contributed by atoms with Gasteiger partial charge in [0, 0.05) is 0 Å². The molecule has 0 aromatic heterocycles. The second-order valence-corrected chi connectivity index (χ2v) is 18.0. The third-order valence-electron chi connectivity index (χ3n) is 8.96. The summed E-state index contributed by atoms with van der Waals surface area (Å²) in [6, 6.07) is 0. The van der Waals surface area contributed by atoms with E-state index in [0.29, 0.717) is 12.6 Å². The van der Waals surface area contributed by atoms with Gasteiger partial charge in [0.05, 0.1) is 12.6 Å². The van der Waals surface area contributed by atoms with Crippen LogP contribution in [0.1, 0.15) is 187 Å². The number of nitrogens with zero attached hydrogens (tertiary/aromatic N) is 2. The van der Waals surface area contributed by atoms with Crippen LogP contribution in [-0.2, 0) is 4.57 Å². The van der Waals surface area contributed by atoms with Crippen molar-refractivity contribution in [3.8, 4) is 0 Å². The van der Waals surface area contributed by atoms with Crippen LogP contribution in [0.3, 0.4) is 0 Å². The summed E-state index contributed by atoms with van der Waals surface area (Å²) in [6.45, 7) is 8.50. The summed E-state index contributed by atoms with van der Waals surface area (Å²) < 4.78 is 16.3. The van der Waals surface area contributed by atoms with E-state index in [1.165, 1.54) is 176 Å². The van der Waals surface area contributed by atoms with Crippen LogP contribution in [0.2, 0.25) is 0 Å². The maximum atomic E-state index is 13.7. The number of halogens is 2. The van der Waals surface area contributed by atoms with Gasteiger partial charge in [0.2, 0.25) is 7.37 Å². The lowest BCUT2D eigenvalue weighted by Crippen LogP contribution is -2.32. The lowest BCUT2D eigenvalue weighted by molar-refractivity contribution is 0.263. The Morgan fingerprint density at radius 2 is 0.636 bits per heavy atom. The Bertz CT molecular complexity index is 614. The first-order valence-corrected chi connectivity index (χ1v) is 24.4. The van der Waals surface area contributed by atoms with E-state index in [1.54, 1.807) is 0 Å². The third-order valence-corrected chi connectivity index (χ3v) is 12.2. The van der Waals surface area contributed by atoms with Gasteiger partial charge in [-0.15, -0.1) is 0 Å². The molecule has 0 rings (SSSR count). The molecule has 0 aromatic rings. The number of hydrogen-bond donors (Lipinski definition) is 1. The van der Waals surface area contributed by atoms with Crippen LogP contribution in [0.25, 0.3) is 0 Å². The van der Waals surface area contributed by atoms with Crippen LogP contribution in [0.5, 0.6) is 0 Å². The van der Waals surface area contributed by atoms with Crippen molar-refractivity contribution in [3.05, 3.63) is 0 Å². The highest BCUT2D eigenvalue weighted by molar-refractivity contribution is 14.1. The van der Waals surface area contributed by atoms with E-state index in [2.05, 4.69) is 68.8 Å². The normalized spacial score (nSPS) is 13.3. The Labute approximate surface area is 304 Å². The largest absolute Gasteiger partial charge is 0.343 e. The van der Waals surface area contributed by atoms with Gasteiger partial charge in [-0.1, -0.05) is 194 Å². The molecule has 0 aliphatic heterocycles. The first-order chi connectivity index (χ1) is 21.5. The molecule has 0 spiro atoms. The molecule has 1 unspecified atom stereocenters. The molecule has 266 valence electrons. The molecule has 0 heterocycles. The summed E-state index contributed by atoms with van der Waals surface area (Å²) in [4.78, 5) is 16.1. The van der Waals surface area contributed by atoms with Gasteiger partial charge in [-0.25, -0.2) is 0 Å². The summed E-state index contributed by atoms with van der Waals surface area (Å²) in [5.41, 5.74) is 0. The topological polar surface area (TPSA) is 43.8 Å². The van der Waals surface area contributed by atoms with Crippen LogP contribution < -0.4 is 0 Å². The van der Waals surface area contributed by atoms with Crippen molar-refractivity contribution in [2.75, 3.05) is 47.6 Å². The van der Waals surface area contributed by atoms with E-state index >= 15 is 0 Å². The smallest absolute Gasteiger partial charge is 0.227 e. The fraction of sp³-hybridized carbons (Fsp3) is 1.00. The molecule has 0 aromatic carbocycles. The van der Waals surface area contributed by atoms with E-state index < -0.39 is 7.37 Å². The zero-order chi connectivity index (χ0) is 32.4. The van der Waals surface area contributed by atoms with Crippen molar-refractivity contribution in [1.29, 1.82) is 0 Å². The van der Waals surface area contributed by atoms with Gasteiger partial charge in [0.25, 0.3) is 0 Å². The van der Waals surface area contributed by atoms with Crippen LogP contribution in [-0.4, -0.2) is 62.3 Å². The predicted octanol–water partition coefficient (Wildman–Crippen LogP) is 13.2. The van der Waals surface area contributed by atoms with Gasteiger partial charge < -0.3 is 4.89 Å². The second-order valence-electron chi connectivity index (χ2n) is 13.6. The quantitative estimate of drug-likeness (QED) is 0.0292. The summed E-state index contributed by atoms with van der Waals surface area (Å²) in [7, 11) is -3.24. The monoisotopic (exact) mass is 866 g/mol. The highest BCUT2D eigenvalue weighted by atomic mass is 127. The molecule has 4 nitrogen and oxygen atoms in total. The molecule has 0 saturated heterocycles. The van der Waals surface area contributed by atoms with Gasteiger partial charge in [-0.05, 0) is 73.6 Å². The van der Waals surface area contributed by atoms with Crippen molar-refractivity contribution in [1.82, 2.24) is 9.80 Å². The third kappa shape index (κ3) is 33.5. The maximum absolute atomic E-state index is 13.7. The summed E-state index contributed by atoms with van der Waals surface area (Å²) in [6.07, 6.45) is 35.9. The zero-order valence-electron chi connectivity index (χ0n) is 29.7. The number of hydrogen-bond acceptors (Lipinski definition) is 3. The molecule has 0 fully saturated rings.